The lowest BCUT2D eigenvalue weighted by Gasteiger charge is -2.23. The zero-order valence-corrected chi connectivity index (χ0v) is 23.8. The second-order valence-electron chi connectivity index (χ2n) is 10.6. The summed E-state index contributed by atoms with van der Waals surface area (Å²) in [5.41, 5.74) is 2.26. The van der Waals surface area contributed by atoms with Crippen LogP contribution < -0.4 is 15.4 Å². The summed E-state index contributed by atoms with van der Waals surface area (Å²) in [5.74, 6) is -1.41. The molecule has 11 nitrogen and oxygen atoms in total. The van der Waals surface area contributed by atoms with E-state index in [0.717, 1.165) is 21.5 Å². The smallest absolute Gasteiger partial charge is 0.323 e. The molecule has 2 amide bonds. The minimum absolute atomic E-state index is 0.0201. The van der Waals surface area contributed by atoms with Crippen LogP contribution in [0.3, 0.4) is 0 Å². The van der Waals surface area contributed by atoms with Crippen LogP contribution in [-0.2, 0) is 19.6 Å². The maximum atomic E-state index is 13.3. The van der Waals surface area contributed by atoms with Gasteiger partial charge in [0.2, 0.25) is 5.91 Å². The number of Topliss-reactive ketones (excluding diaryl/α,β-unsaturated/α-hetero) is 1. The summed E-state index contributed by atoms with van der Waals surface area (Å²) in [4.78, 5) is 39.6. The number of fused-ring (bicyclic) bond motifs is 1. The first-order chi connectivity index (χ1) is 18.9. The number of hydrogen-bond acceptors (Lipinski definition) is 7. The van der Waals surface area contributed by atoms with Gasteiger partial charge in [-0.1, -0.05) is 25.5 Å². The minimum atomic E-state index is -4.21. The van der Waals surface area contributed by atoms with Gasteiger partial charge in [0.15, 0.2) is 17.7 Å². The molecule has 1 saturated heterocycles. The fraction of sp³-hybridized carbons (Fsp3) is 0.429. The molecule has 40 heavy (non-hydrogen) atoms. The van der Waals surface area contributed by atoms with Gasteiger partial charge < -0.3 is 20.3 Å². The van der Waals surface area contributed by atoms with E-state index in [1.807, 2.05) is 32.9 Å². The van der Waals surface area contributed by atoms with Gasteiger partial charge in [-0.15, -0.1) is 0 Å². The summed E-state index contributed by atoms with van der Waals surface area (Å²) >= 11 is 0. The molecule has 4 rings (SSSR count). The summed E-state index contributed by atoms with van der Waals surface area (Å²) in [5, 5.41) is 17.9. The van der Waals surface area contributed by atoms with Crippen LogP contribution in [0.4, 0.5) is 0 Å². The standard InChI is InChI=1S/C28H34N4O7S/c1-17(2)14-22(30-28(35)26-19(4)20-15-18(3)10-11-24(20)39-26)27(34)29-21-8-7-12-31(16-23(21)33)40(37,38)25-9-5-6-13-32(25)36/h5-6,9-11,13,15,17,21-22H,7-8,12,14,16H2,1-4H3,(H,29,34)(H,30,35)/t21?,22-/m0/s1. The van der Waals surface area contributed by atoms with Gasteiger partial charge in [-0.25, -0.2) is 8.42 Å². The fourth-order valence-corrected chi connectivity index (χ4v) is 6.32. The SMILES string of the molecule is Cc1ccc2oc(C(=O)N[C@@H](CC(C)C)C(=O)NC3CCCN(S(=O)(=O)c4cccc[n+]4[O-])CC3=O)c(C)c2c1. The average Bonchev–Trinajstić information content (AvgIpc) is 3.09. The van der Waals surface area contributed by atoms with Crippen molar-refractivity contribution in [3.8, 4) is 0 Å². The van der Waals surface area contributed by atoms with Crippen LogP contribution in [0, 0.1) is 25.0 Å². The lowest BCUT2D eigenvalue weighted by molar-refractivity contribution is -0.646. The zero-order chi connectivity index (χ0) is 29.2. The third kappa shape index (κ3) is 6.18. The first kappa shape index (κ1) is 29.2. The quantitative estimate of drug-likeness (QED) is 0.311. The van der Waals surface area contributed by atoms with Crippen molar-refractivity contribution in [2.24, 2.45) is 5.92 Å². The number of aryl methyl sites for hydroxylation is 2. The number of hydrogen-bond donors (Lipinski definition) is 2. The average molecular weight is 571 g/mol. The van der Waals surface area contributed by atoms with Gasteiger partial charge >= 0.3 is 15.0 Å². The number of ketones is 1. The second kappa shape index (κ2) is 11.8. The molecule has 12 heteroatoms. The molecule has 1 aromatic carbocycles. The molecule has 2 N–H and O–H groups in total. The van der Waals surface area contributed by atoms with Gasteiger partial charge in [-0.05, 0) is 57.2 Å². The maximum absolute atomic E-state index is 13.3. The molecule has 0 aliphatic carbocycles. The van der Waals surface area contributed by atoms with Crippen molar-refractivity contribution < 1.29 is 31.9 Å². The highest BCUT2D eigenvalue weighted by atomic mass is 32.2. The minimum Gasteiger partial charge on any atom is -0.618 e. The number of aromatic nitrogens is 1. The number of pyridine rings is 1. The molecular formula is C28H34N4O7S. The van der Waals surface area contributed by atoms with Crippen LogP contribution in [0.15, 0.2) is 52.0 Å². The molecule has 0 spiro atoms. The molecule has 1 unspecified atom stereocenters. The van der Waals surface area contributed by atoms with Gasteiger partial charge in [0.05, 0.1) is 12.6 Å². The molecule has 0 radical (unpaired) electrons. The van der Waals surface area contributed by atoms with Gasteiger partial charge in [0.25, 0.3) is 5.91 Å². The number of nitrogens with zero attached hydrogens (tertiary/aromatic N) is 2. The Bertz CT molecular complexity index is 1550. The van der Waals surface area contributed by atoms with E-state index in [2.05, 4.69) is 10.6 Å². The normalized spacial score (nSPS) is 17.5. The Morgan fingerprint density at radius 2 is 1.95 bits per heavy atom. The Morgan fingerprint density at radius 3 is 2.65 bits per heavy atom. The van der Waals surface area contributed by atoms with Crippen molar-refractivity contribution in [2.45, 2.75) is 64.1 Å². The molecular weight excluding hydrogens is 536 g/mol. The van der Waals surface area contributed by atoms with E-state index in [4.69, 9.17) is 4.42 Å². The van der Waals surface area contributed by atoms with Gasteiger partial charge in [-0.3, -0.25) is 14.4 Å². The van der Waals surface area contributed by atoms with Gasteiger partial charge in [0, 0.05) is 29.6 Å². The lowest BCUT2D eigenvalue weighted by Crippen LogP contribution is -2.53. The largest absolute Gasteiger partial charge is 0.618 e. The van der Waals surface area contributed by atoms with Crippen molar-refractivity contribution in [1.82, 2.24) is 14.9 Å². The third-order valence-corrected chi connectivity index (χ3v) is 8.79. The summed E-state index contributed by atoms with van der Waals surface area (Å²) in [6.07, 6.45) is 1.90. The second-order valence-corrected chi connectivity index (χ2v) is 12.5. The Kier molecular flexibility index (Phi) is 8.59. The predicted octanol–water partition coefficient (Wildman–Crippen LogP) is 2.37. The maximum Gasteiger partial charge on any atom is 0.323 e. The highest BCUT2D eigenvalue weighted by Crippen LogP contribution is 2.26. The highest BCUT2D eigenvalue weighted by molar-refractivity contribution is 7.89. The third-order valence-electron chi connectivity index (χ3n) is 6.96. The molecule has 3 heterocycles. The van der Waals surface area contributed by atoms with E-state index in [0.29, 0.717) is 24.0 Å². The van der Waals surface area contributed by atoms with Crippen LogP contribution in [-0.4, -0.2) is 55.5 Å². The Labute approximate surface area is 233 Å². The van der Waals surface area contributed by atoms with Crippen LogP contribution in [0.25, 0.3) is 11.0 Å². The molecule has 1 fully saturated rings. The zero-order valence-electron chi connectivity index (χ0n) is 23.0. The molecule has 214 valence electrons. The van der Waals surface area contributed by atoms with E-state index in [9.17, 15) is 28.0 Å². The number of rotatable bonds is 8. The molecule has 2 atom stereocenters. The molecule has 0 bridgehead atoms. The summed E-state index contributed by atoms with van der Waals surface area (Å²) < 4.78 is 33.1. The van der Waals surface area contributed by atoms with Gasteiger partial charge in [-0.2, -0.15) is 9.04 Å². The number of amides is 2. The highest BCUT2D eigenvalue weighted by Gasteiger charge is 2.37. The molecule has 3 aromatic rings. The predicted molar refractivity (Wildman–Crippen MR) is 147 cm³/mol. The molecule has 1 aliphatic heterocycles. The number of benzene rings is 1. The van der Waals surface area contributed by atoms with E-state index in [-0.39, 0.29) is 29.4 Å². The number of furan rings is 1. The van der Waals surface area contributed by atoms with Gasteiger partial charge in [0.1, 0.15) is 11.6 Å². The Balaban J connectivity index is 1.48. The Hall–Kier alpha value is -3.77. The van der Waals surface area contributed by atoms with Crippen LogP contribution in [0.5, 0.6) is 0 Å². The first-order valence-electron chi connectivity index (χ1n) is 13.2. The summed E-state index contributed by atoms with van der Waals surface area (Å²) in [6.45, 7) is 7.08. The monoisotopic (exact) mass is 570 g/mol. The summed E-state index contributed by atoms with van der Waals surface area (Å²) in [7, 11) is -4.21. The van der Waals surface area contributed by atoms with Crippen molar-refractivity contribution in [3.63, 3.8) is 0 Å². The topological polar surface area (TPSA) is 153 Å². The fourth-order valence-electron chi connectivity index (χ4n) is 4.85. The molecule has 0 saturated carbocycles. The first-order valence-corrected chi connectivity index (χ1v) is 14.6. The van der Waals surface area contributed by atoms with Crippen molar-refractivity contribution in [2.75, 3.05) is 13.1 Å². The van der Waals surface area contributed by atoms with Crippen LogP contribution in [0.1, 0.15) is 54.8 Å². The van der Waals surface area contributed by atoms with Crippen molar-refractivity contribution in [3.05, 3.63) is 64.7 Å². The number of carbonyl (C=O) groups is 3. The number of sulfonamides is 1. The molecule has 1 aliphatic rings. The van der Waals surface area contributed by atoms with E-state index < -0.39 is 51.3 Å². The van der Waals surface area contributed by atoms with Crippen LogP contribution in [0.2, 0.25) is 0 Å². The van der Waals surface area contributed by atoms with E-state index in [1.165, 1.54) is 18.2 Å². The van der Waals surface area contributed by atoms with E-state index >= 15 is 0 Å². The van der Waals surface area contributed by atoms with Crippen LogP contribution >= 0.6 is 0 Å². The number of nitrogens with one attached hydrogen (secondary N) is 2. The molecule has 2 aromatic heterocycles. The number of carbonyl (C=O) groups excluding carboxylic acids is 3. The Morgan fingerprint density at radius 1 is 1.20 bits per heavy atom. The van der Waals surface area contributed by atoms with E-state index in [1.54, 1.807) is 13.0 Å². The van der Waals surface area contributed by atoms with Crippen molar-refractivity contribution in [1.29, 1.82) is 0 Å². The van der Waals surface area contributed by atoms with Crippen molar-refractivity contribution >= 4 is 38.6 Å². The lowest BCUT2D eigenvalue weighted by atomic mass is 10.0. The summed E-state index contributed by atoms with van der Waals surface area (Å²) in [6, 6.07) is 7.75.